The van der Waals surface area contributed by atoms with E-state index in [-0.39, 0.29) is 12.2 Å². The second kappa shape index (κ2) is 7.43. The lowest BCUT2D eigenvalue weighted by Crippen LogP contribution is -2.20. The van der Waals surface area contributed by atoms with Crippen LogP contribution in [0.3, 0.4) is 0 Å². The molecule has 4 aromatic rings. The van der Waals surface area contributed by atoms with Crippen LogP contribution in [0.5, 0.6) is 0 Å². The van der Waals surface area contributed by atoms with Crippen molar-refractivity contribution in [2.75, 3.05) is 5.32 Å². The molecule has 0 spiro atoms. The lowest BCUT2D eigenvalue weighted by atomic mass is 10.0. The van der Waals surface area contributed by atoms with Gasteiger partial charge in [0.15, 0.2) is 5.65 Å². The molecule has 0 saturated heterocycles. The molecule has 4 rings (SSSR count). The zero-order valence-electron chi connectivity index (χ0n) is 15.9. The van der Waals surface area contributed by atoms with Crippen molar-refractivity contribution in [3.05, 3.63) is 77.6 Å². The van der Waals surface area contributed by atoms with E-state index in [1.54, 1.807) is 6.20 Å². The molecule has 0 aliphatic rings. The number of benzene rings is 2. The zero-order chi connectivity index (χ0) is 20.5. The van der Waals surface area contributed by atoms with Crippen LogP contribution in [-0.4, -0.2) is 20.7 Å². The van der Waals surface area contributed by atoms with Crippen molar-refractivity contribution in [1.29, 1.82) is 0 Å². The second-order valence-electron chi connectivity index (χ2n) is 6.84. The van der Waals surface area contributed by atoms with Crippen LogP contribution in [0.1, 0.15) is 11.3 Å². The summed E-state index contributed by atoms with van der Waals surface area (Å²) in [6.45, 7) is 3.70. The van der Waals surface area contributed by atoms with Crippen molar-refractivity contribution in [3.63, 3.8) is 0 Å². The van der Waals surface area contributed by atoms with Crippen molar-refractivity contribution >= 4 is 22.6 Å². The number of fused-ring (bicyclic) bond motifs is 1. The highest BCUT2D eigenvalue weighted by Crippen LogP contribution is 2.30. The van der Waals surface area contributed by atoms with Gasteiger partial charge >= 0.3 is 0 Å². The molecule has 0 fully saturated rings. The fraction of sp³-hybridized carbons (Fsp3) is 0.136. The average molecular weight is 392 g/mol. The van der Waals surface area contributed by atoms with Crippen LogP contribution in [0.25, 0.3) is 22.2 Å². The number of carbonyl (C=O) groups is 1. The quantitative estimate of drug-likeness (QED) is 0.551. The van der Waals surface area contributed by atoms with Gasteiger partial charge < -0.3 is 5.32 Å². The molecule has 1 N–H and O–H groups in total. The van der Waals surface area contributed by atoms with Gasteiger partial charge in [-0.1, -0.05) is 29.8 Å². The smallest absolute Gasteiger partial charge is 0.246 e. The largest absolute Gasteiger partial charge is 0.322 e. The van der Waals surface area contributed by atoms with Gasteiger partial charge in [-0.3, -0.25) is 4.79 Å². The lowest BCUT2D eigenvalue weighted by Gasteiger charge is -2.08. The Morgan fingerprint density at radius 3 is 2.59 bits per heavy atom. The molecule has 0 radical (unpaired) electrons. The Hall–Kier alpha value is -3.61. The van der Waals surface area contributed by atoms with Gasteiger partial charge in [-0.25, -0.2) is 18.4 Å². The van der Waals surface area contributed by atoms with Gasteiger partial charge in [0, 0.05) is 17.6 Å². The highest BCUT2D eigenvalue weighted by molar-refractivity contribution is 5.96. The standard InChI is InChI=1S/C22H18F2N4O/c1-13-3-5-15(6-4-13)17-9-10-25-22-21(17)14(2)27-28(22)12-20(29)26-19-11-16(23)7-8-18(19)24/h3-11H,12H2,1-2H3,(H,26,29). The Balaban J connectivity index is 1.67. The summed E-state index contributed by atoms with van der Waals surface area (Å²) in [5.74, 6) is -1.87. The Kier molecular flexibility index (Phi) is 4.80. The number of amides is 1. The maximum absolute atomic E-state index is 13.8. The molecule has 29 heavy (non-hydrogen) atoms. The molecule has 0 aliphatic carbocycles. The molecule has 2 aromatic heterocycles. The molecule has 5 nitrogen and oxygen atoms in total. The molecule has 0 saturated carbocycles. The molecule has 0 atom stereocenters. The summed E-state index contributed by atoms with van der Waals surface area (Å²) in [5.41, 5.74) is 4.22. The fourth-order valence-corrected chi connectivity index (χ4v) is 3.28. The topological polar surface area (TPSA) is 59.8 Å². The minimum absolute atomic E-state index is 0.176. The summed E-state index contributed by atoms with van der Waals surface area (Å²) in [6, 6.07) is 12.9. The van der Waals surface area contributed by atoms with Crippen LogP contribution in [0.4, 0.5) is 14.5 Å². The lowest BCUT2D eigenvalue weighted by molar-refractivity contribution is -0.116. The van der Waals surface area contributed by atoms with E-state index in [9.17, 15) is 13.6 Å². The molecule has 2 aromatic carbocycles. The summed E-state index contributed by atoms with van der Waals surface area (Å²) in [7, 11) is 0. The van der Waals surface area contributed by atoms with Gasteiger partial charge in [0.25, 0.3) is 0 Å². The second-order valence-corrected chi connectivity index (χ2v) is 6.84. The number of aryl methyl sites for hydroxylation is 2. The van der Waals surface area contributed by atoms with Crippen molar-refractivity contribution in [2.45, 2.75) is 20.4 Å². The van der Waals surface area contributed by atoms with Gasteiger partial charge in [-0.2, -0.15) is 5.10 Å². The normalized spacial score (nSPS) is 11.0. The van der Waals surface area contributed by atoms with Crippen LogP contribution >= 0.6 is 0 Å². The average Bonchev–Trinajstić information content (AvgIpc) is 3.01. The predicted molar refractivity (Wildman–Crippen MR) is 107 cm³/mol. The summed E-state index contributed by atoms with van der Waals surface area (Å²) in [6.07, 6.45) is 1.67. The van der Waals surface area contributed by atoms with Gasteiger partial charge in [0.05, 0.1) is 11.4 Å². The first kappa shape index (κ1) is 18.7. The number of nitrogens with one attached hydrogen (secondary N) is 1. The van der Waals surface area contributed by atoms with E-state index in [1.165, 1.54) is 4.68 Å². The number of hydrogen-bond donors (Lipinski definition) is 1. The number of halogens is 2. The summed E-state index contributed by atoms with van der Waals surface area (Å²) >= 11 is 0. The third kappa shape index (κ3) is 3.71. The molecular weight excluding hydrogens is 374 g/mol. The van der Waals surface area contributed by atoms with E-state index >= 15 is 0 Å². The van der Waals surface area contributed by atoms with Gasteiger partial charge in [0.2, 0.25) is 5.91 Å². The van der Waals surface area contributed by atoms with Crippen molar-refractivity contribution in [2.24, 2.45) is 0 Å². The molecular formula is C22H18F2N4O. The zero-order valence-corrected chi connectivity index (χ0v) is 15.9. The number of anilines is 1. The minimum atomic E-state index is -0.707. The fourth-order valence-electron chi connectivity index (χ4n) is 3.28. The first-order valence-electron chi connectivity index (χ1n) is 9.06. The third-order valence-corrected chi connectivity index (χ3v) is 4.67. The summed E-state index contributed by atoms with van der Waals surface area (Å²) < 4.78 is 28.6. The van der Waals surface area contributed by atoms with E-state index in [0.717, 1.165) is 46.0 Å². The summed E-state index contributed by atoms with van der Waals surface area (Å²) in [5, 5.41) is 7.67. The number of rotatable bonds is 4. The molecule has 0 aliphatic heterocycles. The first-order valence-corrected chi connectivity index (χ1v) is 9.06. The van der Waals surface area contributed by atoms with Gasteiger partial charge in [0.1, 0.15) is 18.2 Å². The van der Waals surface area contributed by atoms with E-state index in [2.05, 4.69) is 15.4 Å². The van der Waals surface area contributed by atoms with Crippen LogP contribution in [-0.2, 0) is 11.3 Å². The Morgan fingerprint density at radius 2 is 1.83 bits per heavy atom. The van der Waals surface area contributed by atoms with Gasteiger partial charge in [-0.05, 0) is 43.2 Å². The molecule has 0 bridgehead atoms. The molecule has 7 heteroatoms. The maximum Gasteiger partial charge on any atom is 0.246 e. The third-order valence-electron chi connectivity index (χ3n) is 4.67. The Labute approximate surface area is 166 Å². The van der Waals surface area contributed by atoms with Crippen molar-refractivity contribution < 1.29 is 13.6 Å². The maximum atomic E-state index is 13.8. The number of pyridine rings is 1. The number of aromatic nitrogens is 3. The monoisotopic (exact) mass is 392 g/mol. The summed E-state index contributed by atoms with van der Waals surface area (Å²) in [4.78, 5) is 16.8. The molecule has 2 heterocycles. The van der Waals surface area contributed by atoms with E-state index < -0.39 is 17.5 Å². The number of carbonyl (C=O) groups excluding carboxylic acids is 1. The molecule has 1 amide bonds. The van der Waals surface area contributed by atoms with Crippen molar-refractivity contribution in [1.82, 2.24) is 14.8 Å². The minimum Gasteiger partial charge on any atom is -0.322 e. The number of hydrogen-bond acceptors (Lipinski definition) is 3. The Bertz CT molecular complexity index is 1220. The SMILES string of the molecule is Cc1ccc(-c2ccnc3c2c(C)nn3CC(=O)Nc2cc(F)ccc2F)cc1. The number of nitrogens with zero attached hydrogens (tertiary/aromatic N) is 3. The van der Waals surface area contributed by atoms with Crippen molar-refractivity contribution in [3.8, 4) is 11.1 Å². The van der Waals surface area contributed by atoms with Crippen LogP contribution in [0.15, 0.2) is 54.7 Å². The van der Waals surface area contributed by atoms with E-state index in [0.29, 0.717) is 5.65 Å². The van der Waals surface area contributed by atoms with Crippen LogP contribution in [0, 0.1) is 25.5 Å². The molecule has 0 unspecified atom stereocenters. The highest BCUT2D eigenvalue weighted by Gasteiger charge is 2.16. The predicted octanol–water partition coefficient (Wildman–Crippen LogP) is 4.63. The molecule has 146 valence electrons. The van der Waals surface area contributed by atoms with Crippen LogP contribution < -0.4 is 5.32 Å². The first-order chi connectivity index (χ1) is 13.9. The van der Waals surface area contributed by atoms with Crippen LogP contribution in [0.2, 0.25) is 0 Å². The van der Waals surface area contributed by atoms with E-state index in [4.69, 9.17) is 0 Å². The highest BCUT2D eigenvalue weighted by atomic mass is 19.1. The Morgan fingerprint density at radius 1 is 1.07 bits per heavy atom. The van der Waals surface area contributed by atoms with E-state index in [1.807, 2.05) is 44.2 Å². The van der Waals surface area contributed by atoms with Gasteiger partial charge in [-0.15, -0.1) is 0 Å².